The first-order chi connectivity index (χ1) is 8.22. The van der Waals surface area contributed by atoms with E-state index in [-0.39, 0.29) is 0 Å². The molecule has 2 heteroatoms. The van der Waals surface area contributed by atoms with Crippen molar-refractivity contribution in [2.45, 2.75) is 19.4 Å². The fraction of sp³-hybridized carbons (Fsp3) is 0.200. The average Bonchev–Trinajstić information content (AvgIpc) is 2.72. The van der Waals surface area contributed by atoms with Crippen LogP contribution >= 0.6 is 15.9 Å². The van der Waals surface area contributed by atoms with E-state index in [1.54, 1.807) is 0 Å². The van der Waals surface area contributed by atoms with Crippen molar-refractivity contribution in [3.05, 3.63) is 63.6 Å². The third-order valence-electron chi connectivity index (χ3n) is 3.27. The Balaban J connectivity index is 1.91. The minimum absolute atomic E-state index is 0.416. The molecule has 86 valence electrons. The molecular formula is C15H14BrN. The first-order valence-electron chi connectivity index (χ1n) is 5.84. The molecule has 1 nitrogen and oxygen atoms in total. The molecule has 1 N–H and O–H groups in total. The van der Waals surface area contributed by atoms with Crippen molar-refractivity contribution in [1.29, 1.82) is 0 Å². The number of rotatable bonds is 1. The van der Waals surface area contributed by atoms with Crippen LogP contribution in [-0.4, -0.2) is 0 Å². The third kappa shape index (κ3) is 2.09. The predicted octanol–water partition coefficient (Wildman–Crippen LogP) is 4.47. The normalized spacial score (nSPS) is 17.6. The number of aryl methyl sites for hydroxylation is 1. The molecule has 0 spiro atoms. The molecule has 1 aliphatic rings. The Morgan fingerprint density at radius 2 is 2.06 bits per heavy atom. The van der Waals surface area contributed by atoms with E-state index in [1.165, 1.54) is 22.4 Å². The van der Waals surface area contributed by atoms with Gasteiger partial charge < -0.3 is 5.32 Å². The second-order valence-corrected chi connectivity index (χ2v) is 5.53. The van der Waals surface area contributed by atoms with Gasteiger partial charge in [0.15, 0.2) is 0 Å². The van der Waals surface area contributed by atoms with Crippen LogP contribution in [0.3, 0.4) is 0 Å². The van der Waals surface area contributed by atoms with Crippen molar-refractivity contribution < 1.29 is 0 Å². The molecule has 0 amide bonds. The van der Waals surface area contributed by atoms with Gasteiger partial charge in [-0.3, -0.25) is 0 Å². The third-order valence-corrected chi connectivity index (χ3v) is 3.76. The van der Waals surface area contributed by atoms with E-state index in [9.17, 15) is 0 Å². The van der Waals surface area contributed by atoms with Gasteiger partial charge in [0.25, 0.3) is 0 Å². The van der Waals surface area contributed by atoms with Crippen molar-refractivity contribution in [1.82, 2.24) is 0 Å². The zero-order valence-corrected chi connectivity index (χ0v) is 11.3. The average molecular weight is 288 g/mol. The number of hydrogen-bond acceptors (Lipinski definition) is 1. The summed E-state index contributed by atoms with van der Waals surface area (Å²) in [5.41, 5.74) is 5.35. The van der Waals surface area contributed by atoms with Gasteiger partial charge in [0.1, 0.15) is 0 Å². The maximum Gasteiger partial charge on any atom is 0.0555 e. The maximum atomic E-state index is 3.58. The van der Waals surface area contributed by atoms with Crippen molar-refractivity contribution >= 4 is 21.6 Å². The molecule has 3 rings (SSSR count). The SMILES string of the molecule is Cc1cccc(C2Cc3cc(Br)ccc3N2)c1. The van der Waals surface area contributed by atoms with Gasteiger partial charge in [-0.15, -0.1) is 0 Å². The second-order valence-electron chi connectivity index (χ2n) is 4.62. The van der Waals surface area contributed by atoms with Gasteiger partial charge in [0, 0.05) is 10.2 Å². The monoisotopic (exact) mass is 287 g/mol. The summed E-state index contributed by atoms with van der Waals surface area (Å²) in [5.74, 6) is 0. The molecule has 0 bridgehead atoms. The minimum Gasteiger partial charge on any atom is -0.378 e. The molecule has 0 saturated carbocycles. The largest absolute Gasteiger partial charge is 0.378 e. The van der Waals surface area contributed by atoms with Crippen LogP contribution in [-0.2, 0) is 6.42 Å². The molecule has 0 aliphatic carbocycles. The quantitative estimate of drug-likeness (QED) is 0.816. The van der Waals surface area contributed by atoms with Crippen molar-refractivity contribution in [3.63, 3.8) is 0 Å². The predicted molar refractivity (Wildman–Crippen MR) is 75.4 cm³/mol. The summed E-state index contributed by atoms with van der Waals surface area (Å²) in [6, 6.07) is 15.6. The van der Waals surface area contributed by atoms with Crippen LogP contribution in [0.4, 0.5) is 5.69 Å². The van der Waals surface area contributed by atoms with E-state index < -0.39 is 0 Å². The molecule has 2 aromatic rings. The van der Waals surface area contributed by atoms with Gasteiger partial charge in [-0.05, 0) is 42.7 Å². The fourth-order valence-electron chi connectivity index (χ4n) is 2.42. The van der Waals surface area contributed by atoms with E-state index in [0.717, 1.165) is 10.9 Å². The van der Waals surface area contributed by atoms with Crippen LogP contribution in [0.25, 0.3) is 0 Å². The van der Waals surface area contributed by atoms with Gasteiger partial charge >= 0.3 is 0 Å². The zero-order chi connectivity index (χ0) is 11.8. The van der Waals surface area contributed by atoms with Crippen LogP contribution in [0.15, 0.2) is 46.9 Å². The second kappa shape index (κ2) is 4.19. The van der Waals surface area contributed by atoms with Gasteiger partial charge in [0.2, 0.25) is 0 Å². The Hall–Kier alpha value is -1.28. The molecule has 0 fully saturated rings. The van der Waals surface area contributed by atoms with E-state index in [4.69, 9.17) is 0 Å². The Kier molecular flexibility index (Phi) is 2.67. The standard InChI is InChI=1S/C15H14BrN/c1-10-3-2-4-11(7-10)15-9-12-8-13(16)5-6-14(12)17-15/h2-8,15,17H,9H2,1H3. The number of hydrogen-bond donors (Lipinski definition) is 1. The highest BCUT2D eigenvalue weighted by atomic mass is 79.9. The molecular weight excluding hydrogens is 274 g/mol. The lowest BCUT2D eigenvalue weighted by Gasteiger charge is -2.12. The molecule has 0 aromatic heterocycles. The zero-order valence-electron chi connectivity index (χ0n) is 9.70. The highest BCUT2D eigenvalue weighted by Gasteiger charge is 2.21. The Morgan fingerprint density at radius 1 is 1.18 bits per heavy atom. The summed E-state index contributed by atoms with van der Waals surface area (Å²) < 4.78 is 1.16. The van der Waals surface area contributed by atoms with Crippen LogP contribution in [0.2, 0.25) is 0 Å². The molecule has 1 aliphatic heterocycles. The summed E-state index contributed by atoms with van der Waals surface area (Å²) in [6.45, 7) is 2.14. The van der Waals surface area contributed by atoms with Gasteiger partial charge in [-0.1, -0.05) is 45.8 Å². The van der Waals surface area contributed by atoms with Crippen LogP contribution < -0.4 is 5.32 Å². The van der Waals surface area contributed by atoms with E-state index in [0.29, 0.717) is 6.04 Å². The summed E-state index contributed by atoms with van der Waals surface area (Å²) in [5, 5.41) is 3.58. The number of halogens is 1. The van der Waals surface area contributed by atoms with Gasteiger partial charge in [0.05, 0.1) is 6.04 Å². The Labute approximate surface area is 110 Å². The van der Waals surface area contributed by atoms with E-state index in [2.05, 4.69) is 70.6 Å². The lowest BCUT2D eigenvalue weighted by molar-refractivity contribution is 0.823. The highest BCUT2D eigenvalue weighted by molar-refractivity contribution is 9.10. The first kappa shape index (κ1) is 10.8. The summed E-state index contributed by atoms with van der Waals surface area (Å²) >= 11 is 3.52. The molecule has 1 atom stereocenters. The fourth-order valence-corrected chi connectivity index (χ4v) is 2.83. The summed E-state index contributed by atoms with van der Waals surface area (Å²) in [7, 11) is 0. The van der Waals surface area contributed by atoms with Crippen molar-refractivity contribution in [3.8, 4) is 0 Å². The molecule has 0 radical (unpaired) electrons. The van der Waals surface area contributed by atoms with Gasteiger partial charge in [-0.25, -0.2) is 0 Å². The maximum absolute atomic E-state index is 3.58. The molecule has 1 heterocycles. The smallest absolute Gasteiger partial charge is 0.0555 e. The van der Waals surface area contributed by atoms with Crippen LogP contribution in [0.5, 0.6) is 0 Å². The summed E-state index contributed by atoms with van der Waals surface area (Å²) in [6.07, 6.45) is 1.07. The van der Waals surface area contributed by atoms with E-state index >= 15 is 0 Å². The lowest BCUT2D eigenvalue weighted by atomic mass is 10.0. The Bertz CT molecular complexity index is 563. The van der Waals surface area contributed by atoms with E-state index in [1.807, 2.05) is 0 Å². The van der Waals surface area contributed by atoms with Crippen LogP contribution in [0.1, 0.15) is 22.7 Å². The number of anilines is 1. The van der Waals surface area contributed by atoms with Crippen molar-refractivity contribution in [2.24, 2.45) is 0 Å². The number of nitrogens with one attached hydrogen (secondary N) is 1. The Morgan fingerprint density at radius 3 is 2.88 bits per heavy atom. The topological polar surface area (TPSA) is 12.0 Å². The molecule has 2 aromatic carbocycles. The number of fused-ring (bicyclic) bond motifs is 1. The van der Waals surface area contributed by atoms with Crippen molar-refractivity contribution in [2.75, 3.05) is 5.32 Å². The summed E-state index contributed by atoms with van der Waals surface area (Å²) in [4.78, 5) is 0. The number of benzene rings is 2. The van der Waals surface area contributed by atoms with Gasteiger partial charge in [-0.2, -0.15) is 0 Å². The molecule has 1 unspecified atom stereocenters. The first-order valence-corrected chi connectivity index (χ1v) is 6.63. The van der Waals surface area contributed by atoms with Crippen LogP contribution in [0, 0.1) is 6.92 Å². The highest BCUT2D eigenvalue weighted by Crippen LogP contribution is 2.35. The lowest BCUT2D eigenvalue weighted by Crippen LogP contribution is -2.05. The minimum atomic E-state index is 0.416. The molecule has 17 heavy (non-hydrogen) atoms. The molecule has 0 saturated heterocycles.